The first-order valence-electron chi connectivity index (χ1n) is 8.68. The number of pyridine rings is 2. The van der Waals surface area contributed by atoms with Crippen LogP contribution in [0.25, 0.3) is 22.2 Å². The van der Waals surface area contributed by atoms with Crippen molar-refractivity contribution in [2.45, 2.75) is 19.8 Å². The molecular weight excluding hydrogens is 358 g/mol. The Morgan fingerprint density at radius 3 is 2.85 bits per heavy atom. The molecule has 0 bridgehead atoms. The fourth-order valence-electron chi connectivity index (χ4n) is 2.81. The summed E-state index contributed by atoms with van der Waals surface area (Å²) in [6.07, 6.45) is 5.30. The molecule has 1 aromatic carbocycles. The summed E-state index contributed by atoms with van der Waals surface area (Å²) in [6, 6.07) is 13.2. The molecule has 0 unspecified atom stereocenters. The van der Waals surface area contributed by atoms with Crippen molar-refractivity contribution in [1.82, 2.24) is 20.2 Å². The number of carbonyl (C=O) groups excluding carboxylic acids is 1. The Kier molecular flexibility index (Phi) is 4.84. The third-order valence-corrected chi connectivity index (χ3v) is 4.97. The number of aromatic nitrogens is 4. The number of fused-ring (bicyclic) bond motifs is 1. The summed E-state index contributed by atoms with van der Waals surface area (Å²) >= 11 is 1.41. The molecule has 0 atom stereocenters. The highest BCUT2D eigenvalue weighted by Gasteiger charge is 2.16. The number of nitrogens with zero attached hydrogens (tertiary/aromatic N) is 4. The van der Waals surface area contributed by atoms with E-state index < -0.39 is 0 Å². The van der Waals surface area contributed by atoms with Gasteiger partial charge in [0.25, 0.3) is 5.91 Å². The second-order valence-electron chi connectivity index (χ2n) is 6.02. The number of hydrogen-bond acceptors (Lipinski definition) is 6. The van der Waals surface area contributed by atoms with Gasteiger partial charge in [0, 0.05) is 29.8 Å². The van der Waals surface area contributed by atoms with Crippen LogP contribution in [0.4, 0.5) is 5.13 Å². The third kappa shape index (κ3) is 3.68. The maximum atomic E-state index is 13.0. The van der Waals surface area contributed by atoms with E-state index in [0.29, 0.717) is 16.4 Å². The molecular formula is C20H17N5OS. The van der Waals surface area contributed by atoms with Gasteiger partial charge in [-0.1, -0.05) is 36.5 Å². The topological polar surface area (TPSA) is 80.7 Å². The summed E-state index contributed by atoms with van der Waals surface area (Å²) in [7, 11) is 0. The van der Waals surface area contributed by atoms with Crippen molar-refractivity contribution < 1.29 is 4.79 Å². The van der Waals surface area contributed by atoms with Gasteiger partial charge in [-0.2, -0.15) is 0 Å². The molecule has 4 rings (SSSR count). The molecule has 0 aliphatic heterocycles. The number of hydrogen-bond donors (Lipinski definition) is 1. The average Bonchev–Trinajstić information content (AvgIpc) is 3.15. The predicted molar refractivity (Wildman–Crippen MR) is 107 cm³/mol. The van der Waals surface area contributed by atoms with Gasteiger partial charge in [-0.3, -0.25) is 15.1 Å². The fraction of sp³-hybridized carbons (Fsp3) is 0.150. The van der Waals surface area contributed by atoms with Crippen LogP contribution < -0.4 is 5.32 Å². The van der Waals surface area contributed by atoms with Crippen LogP contribution >= 0.6 is 11.3 Å². The molecule has 3 heterocycles. The lowest BCUT2D eigenvalue weighted by Crippen LogP contribution is -2.13. The summed E-state index contributed by atoms with van der Waals surface area (Å²) in [5.74, 6) is -0.224. The van der Waals surface area contributed by atoms with Crippen molar-refractivity contribution in [3.05, 3.63) is 65.4 Å². The normalized spacial score (nSPS) is 10.9. The summed E-state index contributed by atoms with van der Waals surface area (Å²) in [5, 5.41) is 13.3. The maximum absolute atomic E-state index is 13.0. The molecule has 0 aliphatic rings. The number of benzene rings is 1. The minimum atomic E-state index is -0.224. The first-order chi connectivity index (χ1) is 13.2. The lowest BCUT2D eigenvalue weighted by Gasteiger charge is -2.09. The fourth-order valence-corrected chi connectivity index (χ4v) is 3.65. The van der Waals surface area contributed by atoms with E-state index in [2.05, 4.69) is 32.4 Å². The largest absolute Gasteiger partial charge is 0.296 e. The highest BCUT2D eigenvalue weighted by molar-refractivity contribution is 7.15. The summed E-state index contributed by atoms with van der Waals surface area (Å²) in [4.78, 5) is 21.8. The van der Waals surface area contributed by atoms with Gasteiger partial charge in [0.15, 0.2) is 0 Å². The molecule has 27 heavy (non-hydrogen) atoms. The van der Waals surface area contributed by atoms with Gasteiger partial charge in [0.1, 0.15) is 5.01 Å². The van der Waals surface area contributed by atoms with Crippen LogP contribution in [0.3, 0.4) is 0 Å². The van der Waals surface area contributed by atoms with Gasteiger partial charge in [-0.05, 0) is 30.7 Å². The van der Waals surface area contributed by atoms with E-state index in [1.54, 1.807) is 18.5 Å². The highest BCUT2D eigenvalue weighted by atomic mass is 32.1. The summed E-state index contributed by atoms with van der Waals surface area (Å²) in [5.41, 5.74) is 2.87. The Bertz CT molecular complexity index is 1090. The van der Waals surface area contributed by atoms with Crippen LogP contribution in [0, 0.1) is 0 Å². The van der Waals surface area contributed by atoms with Crippen LogP contribution in [-0.4, -0.2) is 26.1 Å². The van der Waals surface area contributed by atoms with E-state index >= 15 is 0 Å². The van der Waals surface area contributed by atoms with Gasteiger partial charge >= 0.3 is 0 Å². The van der Waals surface area contributed by atoms with Crippen molar-refractivity contribution in [3.63, 3.8) is 0 Å². The zero-order valence-electron chi connectivity index (χ0n) is 14.7. The van der Waals surface area contributed by atoms with Crippen molar-refractivity contribution in [2.75, 3.05) is 5.32 Å². The predicted octanol–water partition coefficient (Wildman–Crippen LogP) is 4.35. The van der Waals surface area contributed by atoms with Crippen LogP contribution in [0.15, 0.2) is 54.9 Å². The average molecular weight is 375 g/mol. The number of aryl methyl sites for hydroxylation is 1. The summed E-state index contributed by atoms with van der Waals surface area (Å²) < 4.78 is 0. The molecule has 3 aromatic heterocycles. The van der Waals surface area contributed by atoms with E-state index in [1.807, 2.05) is 36.4 Å². The Morgan fingerprint density at radius 1 is 1.15 bits per heavy atom. The number of rotatable bonds is 5. The molecule has 0 aliphatic carbocycles. The van der Waals surface area contributed by atoms with E-state index in [-0.39, 0.29) is 5.91 Å². The molecule has 0 radical (unpaired) electrons. The Labute approximate surface area is 160 Å². The molecule has 1 N–H and O–H groups in total. The van der Waals surface area contributed by atoms with E-state index in [1.165, 1.54) is 11.3 Å². The van der Waals surface area contributed by atoms with Gasteiger partial charge in [0.05, 0.1) is 16.8 Å². The standard InChI is InChI=1S/C20H17N5OS/c1-2-6-18-24-25-20(27-18)23-19(26)15-11-17(13-7-5-10-21-12-13)22-16-9-4-3-8-14(15)16/h3-5,7-12H,2,6H2,1H3,(H,23,25,26). The quantitative estimate of drug-likeness (QED) is 0.561. The van der Waals surface area contributed by atoms with Gasteiger partial charge in [-0.15, -0.1) is 10.2 Å². The number of amides is 1. The monoisotopic (exact) mass is 375 g/mol. The lowest BCUT2D eigenvalue weighted by atomic mass is 10.0. The highest BCUT2D eigenvalue weighted by Crippen LogP contribution is 2.26. The lowest BCUT2D eigenvalue weighted by molar-refractivity contribution is 0.102. The van der Waals surface area contributed by atoms with Crippen LogP contribution in [0.2, 0.25) is 0 Å². The third-order valence-electron chi connectivity index (χ3n) is 4.07. The first-order valence-corrected chi connectivity index (χ1v) is 9.50. The summed E-state index contributed by atoms with van der Waals surface area (Å²) in [6.45, 7) is 2.09. The van der Waals surface area contributed by atoms with E-state index in [9.17, 15) is 4.79 Å². The molecule has 0 fully saturated rings. The molecule has 134 valence electrons. The van der Waals surface area contributed by atoms with Crippen molar-refractivity contribution in [1.29, 1.82) is 0 Å². The smallest absolute Gasteiger partial charge is 0.258 e. The van der Waals surface area contributed by atoms with Gasteiger partial charge < -0.3 is 0 Å². The number of nitrogens with one attached hydrogen (secondary N) is 1. The molecule has 4 aromatic rings. The van der Waals surface area contributed by atoms with E-state index in [0.717, 1.165) is 34.3 Å². The van der Waals surface area contributed by atoms with Crippen molar-refractivity contribution >= 4 is 33.3 Å². The molecule has 0 saturated heterocycles. The van der Waals surface area contributed by atoms with Gasteiger partial charge in [-0.25, -0.2) is 4.98 Å². The van der Waals surface area contributed by atoms with Crippen LogP contribution in [0.1, 0.15) is 28.7 Å². The minimum absolute atomic E-state index is 0.224. The minimum Gasteiger partial charge on any atom is -0.296 e. The zero-order valence-corrected chi connectivity index (χ0v) is 15.5. The van der Waals surface area contributed by atoms with Gasteiger partial charge in [0.2, 0.25) is 5.13 Å². The second-order valence-corrected chi connectivity index (χ2v) is 7.08. The number of para-hydroxylation sites is 1. The molecule has 7 heteroatoms. The van der Waals surface area contributed by atoms with Crippen LogP contribution in [-0.2, 0) is 6.42 Å². The Balaban J connectivity index is 1.73. The molecule has 1 amide bonds. The van der Waals surface area contributed by atoms with Crippen molar-refractivity contribution in [3.8, 4) is 11.3 Å². The SMILES string of the molecule is CCCc1nnc(NC(=O)c2cc(-c3cccnc3)nc3ccccc23)s1. The Morgan fingerprint density at radius 2 is 2.04 bits per heavy atom. The zero-order chi connectivity index (χ0) is 18.6. The molecule has 0 saturated carbocycles. The number of anilines is 1. The molecule has 0 spiro atoms. The number of carbonyl (C=O) groups is 1. The Hall–Kier alpha value is -3.19. The van der Waals surface area contributed by atoms with Crippen LogP contribution in [0.5, 0.6) is 0 Å². The molecule has 6 nitrogen and oxygen atoms in total. The first kappa shape index (κ1) is 17.2. The van der Waals surface area contributed by atoms with E-state index in [4.69, 9.17) is 0 Å². The van der Waals surface area contributed by atoms with Crippen molar-refractivity contribution in [2.24, 2.45) is 0 Å². The maximum Gasteiger partial charge on any atom is 0.258 e. The second kappa shape index (κ2) is 7.59.